The van der Waals surface area contributed by atoms with Crippen molar-refractivity contribution in [2.75, 3.05) is 30.2 Å². The Bertz CT molecular complexity index is 1080. The second-order valence-corrected chi connectivity index (χ2v) is 7.72. The third kappa shape index (κ3) is 5.72. The predicted octanol–water partition coefficient (Wildman–Crippen LogP) is 3.68. The van der Waals surface area contributed by atoms with Gasteiger partial charge in [0.15, 0.2) is 5.82 Å². The maximum absolute atomic E-state index is 12.5. The summed E-state index contributed by atoms with van der Waals surface area (Å²) in [6.07, 6.45) is 0. The Morgan fingerprint density at radius 1 is 0.906 bits per heavy atom. The Balaban J connectivity index is 1.59. The Labute approximate surface area is 184 Å². The van der Waals surface area contributed by atoms with Crippen molar-refractivity contribution < 1.29 is 23.6 Å². The zero-order valence-electron chi connectivity index (χ0n) is 18.3. The molecule has 0 aliphatic heterocycles. The van der Waals surface area contributed by atoms with Gasteiger partial charge in [0.05, 0.1) is 14.2 Å². The minimum Gasteiger partial charge on any atom is -0.481 e. The van der Waals surface area contributed by atoms with Crippen molar-refractivity contribution in [2.45, 2.75) is 26.2 Å². The Morgan fingerprint density at radius 3 is 2.12 bits per heavy atom. The molecule has 0 aliphatic rings. The summed E-state index contributed by atoms with van der Waals surface area (Å²) in [6.45, 7) is 5.94. The molecule has 11 nitrogen and oxygen atoms in total. The summed E-state index contributed by atoms with van der Waals surface area (Å²) < 4.78 is 15.3. The first-order chi connectivity index (χ1) is 15.2. The number of carbonyl (C=O) groups is 2. The van der Waals surface area contributed by atoms with Crippen molar-refractivity contribution >= 4 is 29.1 Å². The molecule has 3 N–H and O–H groups in total. The van der Waals surface area contributed by atoms with Gasteiger partial charge >= 0.3 is 12.0 Å². The molecule has 0 radical (unpaired) electrons. The van der Waals surface area contributed by atoms with Gasteiger partial charge in [-0.1, -0.05) is 25.9 Å². The fourth-order valence-corrected chi connectivity index (χ4v) is 2.51. The highest BCUT2D eigenvalue weighted by Crippen LogP contribution is 2.24. The van der Waals surface area contributed by atoms with Gasteiger partial charge in [0.1, 0.15) is 11.5 Å². The van der Waals surface area contributed by atoms with Crippen molar-refractivity contribution in [3.05, 3.63) is 47.9 Å². The van der Waals surface area contributed by atoms with E-state index in [1.165, 1.54) is 20.3 Å². The maximum Gasteiger partial charge on any atom is 0.324 e. The van der Waals surface area contributed by atoms with Crippen LogP contribution in [0, 0.1) is 0 Å². The summed E-state index contributed by atoms with van der Waals surface area (Å²) in [6, 6.07) is 9.16. The number of hydrogen-bond acceptors (Lipinski definition) is 8. The second-order valence-electron chi connectivity index (χ2n) is 7.72. The van der Waals surface area contributed by atoms with Gasteiger partial charge in [0.25, 0.3) is 5.91 Å². The number of urea groups is 1. The van der Waals surface area contributed by atoms with E-state index in [1.807, 2.05) is 20.8 Å². The molecule has 32 heavy (non-hydrogen) atoms. The van der Waals surface area contributed by atoms with E-state index in [9.17, 15) is 9.59 Å². The van der Waals surface area contributed by atoms with Gasteiger partial charge < -0.3 is 24.6 Å². The van der Waals surface area contributed by atoms with E-state index in [4.69, 9.17) is 14.0 Å². The Hall–Kier alpha value is -4.15. The average Bonchev–Trinajstić information content (AvgIpc) is 3.23. The van der Waals surface area contributed by atoms with Crippen LogP contribution in [0.4, 0.5) is 22.0 Å². The zero-order chi connectivity index (χ0) is 23.3. The molecule has 1 aromatic carbocycles. The SMILES string of the molecule is COc1cc(C(=O)Nc2ccc(NC(=O)Nc3cc(C(C)(C)C)on3)cc2)nc(OC)n1. The van der Waals surface area contributed by atoms with Gasteiger partial charge in [-0.25, -0.2) is 4.79 Å². The zero-order valence-corrected chi connectivity index (χ0v) is 18.3. The first-order valence-electron chi connectivity index (χ1n) is 9.61. The quantitative estimate of drug-likeness (QED) is 0.527. The molecular formula is C21H24N6O5. The minimum atomic E-state index is -0.476. The number of amides is 3. The predicted molar refractivity (Wildman–Crippen MR) is 117 cm³/mol. The summed E-state index contributed by atoms with van der Waals surface area (Å²) in [5, 5.41) is 11.8. The van der Waals surface area contributed by atoms with E-state index in [-0.39, 0.29) is 23.0 Å². The van der Waals surface area contributed by atoms with E-state index in [1.54, 1.807) is 30.3 Å². The standard InChI is InChI=1S/C21H24N6O5/c1-21(2,3)15-11-16(27-32-15)25-19(29)23-13-8-6-12(7-9-13)22-18(28)14-10-17(30-4)26-20(24-14)31-5/h6-11H,1-5H3,(H,22,28)(H2,23,25,27,29). The highest BCUT2D eigenvalue weighted by Gasteiger charge is 2.20. The lowest BCUT2D eigenvalue weighted by Gasteiger charge is -2.12. The van der Waals surface area contributed by atoms with E-state index in [0.717, 1.165) is 0 Å². The summed E-state index contributed by atoms with van der Waals surface area (Å²) in [7, 11) is 2.82. The normalized spacial score (nSPS) is 10.9. The molecule has 0 unspecified atom stereocenters. The third-order valence-corrected chi connectivity index (χ3v) is 4.20. The monoisotopic (exact) mass is 440 g/mol. The molecule has 0 saturated carbocycles. The van der Waals surface area contributed by atoms with Gasteiger partial charge in [-0.15, -0.1) is 0 Å². The summed E-state index contributed by atoms with van der Waals surface area (Å²) in [4.78, 5) is 32.6. The number of nitrogens with one attached hydrogen (secondary N) is 3. The molecule has 2 aromatic heterocycles. The molecule has 168 valence electrons. The molecule has 0 spiro atoms. The van der Waals surface area contributed by atoms with Gasteiger partial charge in [-0.2, -0.15) is 9.97 Å². The Morgan fingerprint density at radius 2 is 1.56 bits per heavy atom. The van der Waals surface area contributed by atoms with Crippen LogP contribution in [-0.4, -0.2) is 41.3 Å². The molecule has 3 amide bonds. The lowest BCUT2D eigenvalue weighted by atomic mass is 9.93. The number of aromatic nitrogens is 3. The number of nitrogens with zero attached hydrogens (tertiary/aromatic N) is 3. The lowest BCUT2D eigenvalue weighted by Crippen LogP contribution is -2.19. The number of benzene rings is 1. The van der Waals surface area contributed by atoms with Crippen molar-refractivity contribution in [3.8, 4) is 11.9 Å². The highest BCUT2D eigenvalue weighted by molar-refractivity contribution is 6.03. The molecule has 2 heterocycles. The van der Waals surface area contributed by atoms with Gasteiger partial charge in [-0.05, 0) is 24.3 Å². The van der Waals surface area contributed by atoms with Crippen molar-refractivity contribution in [1.82, 2.24) is 15.1 Å². The van der Waals surface area contributed by atoms with Crippen LogP contribution in [0.2, 0.25) is 0 Å². The third-order valence-electron chi connectivity index (χ3n) is 4.20. The maximum atomic E-state index is 12.5. The molecule has 11 heteroatoms. The minimum absolute atomic E-state index is 0.0155. The number of methoxy groups -OCH3 is 2. The fourth-order valence-electron chi connectivity index (χ4n) is 2.51. The summed E-state index contributed by atoms with van der Waals surface area (Å²) in [5.41, 5.74) is 0.887. The van der Waals surface area contributed by atoms with E-state index >= 15 is 0 Å². The van der Waals surface area contributed by atoms with Crippen LogP contribution in [0.1, 0.15) is 37.0 Å². The number of ether oxygens (including phenoxy) is 2. The van der Waals surface area contributed by atoms with Gasteiger partial charge in [0, 0.05) is 28.9 Å². The molecule has 0 bridgehead atoms. The average molecular weight is 440 g/mol. The summed E-state index contributed by atoms with van der Waals surface area (Å²) >= 11 is 0. The first-order valence-corrected chi connectivity index (χ1v) is 9.61. The van der Waals surface area contributed by atoms with Crippen LogP contribution in [-0.2, 0) is 5.41 Å². The van der Waals surface area contributed by atoms with Gasteiger partial charge in [0.2, 0.25) is 5.88 Å². The van der Waals surface area contributed by atoms with Crippen LogP contribution in [0.5, 0.6) is 11.9 Å². The molecule has 0 saturated heterocycles. The van der Waals surface area contributed by atoms with Crippen LogP contribution in [0.3, 0.4) is 0 Å². The van der Waals surface area contributed by atoms with Gasteiger partial charge in [-0.3, -0.25) is 10.1 Å². The Kier molecular flexibility index (Phi) is 6.57. The number of hydrogen-bond donors (Lipinski definition) is 3. The van der Waals surface area contributed by atoms with Crippen LogP contribution >= 0.6 is 0 Å². The highest BCUT2D eigenvalue weighted by atomic mass is 16.5. The molecule has 0 atom stereocenters. The first kappa shape index (κ1) is 22.5. The van der Waals surface area contributed by atoms with E-state index < -0.39 is 11.9 Å². The summed E-state index contributed by atoms with van der Waals surface area (Å²) in [5.74, 6) is 0.705. The van der Waals surface area contributed by atoms with E-state index in [2.05, 4.69) is 31.1 Å². The van der Waals surface area contributed by atoms with Crippen molar-refractivity contribution in [3.63, 3.8) is 0 Å². The molecule has 0 aliphatic carbocycles. The fraction of sp³-hybridized carbons (Fsp3) is 0.286. The smallest absolute Gasteiger partial charge is 0.324 e. The molecular weight excluding hydrogens is 416 g/mol. The number of rotatable bonds is 6. The van der Waals surface area contributed by atoms with Crippen LogP contribution in [0.25, 0.3) is 0 Å². The topological polar surface area (TPSA) is 140 Å². The van der Waals surface area contributed by atoms with E-state index in [0.29, 0.717) is 23.0 Å². The van der Waals surface area contributed by atoms with Crippen LogP contribution < -0.4 is 25.4 Å². The molecule has 3 aromatic rings. The number of carbonyl (C=O) groups excluding carboxylic acids is 2. The molecule has 0 fully saturated rings. The lowest BCUT2D eigenvalue weighted by molar-refractivity contribution is 0.102. The largest absolute Gasteiger partial charge is 0.481 e. The second kappa shape index (κ2) is 9.33. The number of anilines is 3. The van der Waals surface area contributed by atoms with Crippen LogP contribution in [0.15, 0.2) is 40.9 Å². The molecule has 3 rings (SSSR count). The van der Waals surface area contributed by atoms with Crippen molar-refractivity contribution in [1.29, 1.82) is 0 Å². The van der Waals surface area contributed by atoms with Crippen molar-refractivity contribution in [2.24, 2.45) is 0 Å².